The Morgan fingerprint density at radius 2 is 2.38 bits per heavy atom. The van der Waals surface area contributed by atoms with Gasteiger partial charge >= 0.3 is 0 Å². The Bertz CT molecular complexity index is 646. The zero-order valence-corrected chi connectivity index (χ0v) is 12.9. The molecule has 1 saturated carbocycles. The number of nitrogens with zero attached hydrogens (tertiary/aromatic N) is 1. The Hall–Kier alpha value is -1.55. The van der Waals surface area contributed by atoms with Crippen LogP contribution in [0.25, 0.3) is 0 Å². The zero-order chi connectivity index (χ0) is 14.4. The average Bonchev–Trinajstić information content (AvgIpc) is 2.94. The number of carbonyl (C=O) groups is 1. The minimum atomic E-state index is 0.130. The Balaban J connectivity index is 1.53. The maximum atomic E-state index is 12.9. The predicted molar refractivity (Wildman–Crippen MR) is 82.3 cm³/mol. The molecule has 3 nitrogen and oxygen atoms in total. The number of rotatable bonds is 3. The van der Waals surface area contributed by atoms with Crippen molar-refractivity contribution in [1.82, 2.24) is 4.90 Å². The molecule has 4 rings (SSSR count). The number of hydrogen-bond donors (Lipinski definition) is 0. The molecule has 3 heterocycles. The van der Waals surface area contributed by atoms with Crippen molar-refractivity contribution in [2.24, 2.45) is 5.92 Å². The van der Waals surface area contributed by atoms with E-state index in [-0.39, 0.29) is 12.0 Å². The van der Waals surface area contributed by atoms with Gasteiger partial charge in [-0.25, -0.2) is 0 Å². The summed E-state index contributed by atoms with van der Waals surface area (Å²) in [5, 5.41) is 2.16. The first-order valence-electron chi connectivity index (χ1n) is 7.69. The van der Waals surface area contributed by atoms with Crippen LogP contribution in [-0.4, -0.2) is 17.4 Å². The minimum Gasteiger partial charge on any atom is -0.469 e. The lowest BCUT2D eigenvalue weighted by Crippen LogP contribution is -2.40. The van der Waals surface area contributed by atoms with Gasteiger partial charge in [-0.3, -0.25) is 4.79 Å². The van der Waals surface area contributed by atoms with Crippen molar-refractivity contribution in [3.8, 4) is 0 Å². The molecule has 0 spiro atoms. The summed E-state index contributed by atoms with van der Waals surface area (Å²) < 4.78 is 5.45. The van der Waals surface area contributed by atoms with Crippen molar-refractivity contribution in [3.05, 3.63) is 46.0 Å². The minimum absolute atomic E-state index is 0.130. The fraction of sp³-hybridized carbons (Fsp3) is 0.471. The zero-order valence-electron chi connectivity index (χ0n) is 12.1. The van der Waals surface area contributed by atoms with Crippen molar-refractivity contribution >= 4 is 17.2 Å². The molecule has 0 radical (unpaired) electrons. The van der Waals surface area contributed by atoms with Crippen LogP contribution in [0.4, 0.5) is 0 Å². The first-order valence-corrected chi connectivity index (χ1v) is 8.57. The van der Waals surface area contributed by atoms with E-state index < -0.39 is 0 Å². The van der Waals surface area contributed by atoms with Crippen LogP contribution >= 0.6 is 11.3 Å². The van der Waals surface area contributed by atoms with E-state index >= 15 is 0 Å². The number of furan rings is 1. The second-order valence-corrected chi connectivity index (χ2v) is 6.97. The van der Waals surface area contributed by atoms with Gasteiger partial charge in [0, 0.05) is 23.3 Å². The van der Waals surface area contributed by atoms with E-state index in [0.29, 0.717) is 11.8 Å². The lowest BCUT2D eigenvalue weighted by atomic mass is 9.97. The lowest BCUT2D eigenvalue weighted by Gasteiger charge is -2.35. The molecule has 1 aliphatic heterocycles. The van der Waals surface area contributed by atoms with Gasteiger partial charge in [0.15, 0.2) is 0 Å². The second-order valence-electron chi connectivity index (χ2n) is 5.97. The molecule has 0 bridgehead atoms. The van der Waals surface area contributed by atoms with Gasteiger partial charge < -0.3 is 9.32 Å². The van der Waals surface area contributed by atoms with Gasteiger partial charge in [-0.15, -0.1) is 11.3 Å². The molecule has 3 atom stereocenters. The van der Waals surface area contributed by atoms with Crippen LogP contribution in [0.15, 0.2) is 34.3 Å². The molecule has 2 aromatic heterocycles. The maximum Gasteiger partial charge on any atom is 0.226 e. The van der Waals surface area contributed by atoms with E-state index in [4.69, 9.17) is 4.42 Å². The third-order valence-electron chi connectivity index (χ3n) is 4.78. The van der Waals surface area contributed by atoms with Crippen molar-refractivity contribution in [2.45, 2.75) is 38.1 Å². The Kier molecular flexibility index (Phi) is 3.14. The average molecular weight is 301 g/mol. The van der Waals surface area contributed by atoms with E-state index in [2.05, 4.69) is 23.3 Å². The first kappa shape index (κ1) is 13.1. The molecule has 1 amide bonds. The maximum absolute atomic E-state index is 12.9. The van der Waals surface area contributed by atoms with E-state index in [0.717, 1.165) is 31.6 Å². The molecular weight excluding hydrogens is 282 g/mol. The largest absolute Gasteiger partial charge is 0.469 e. The van der Waals surface area contributed by atoms with Gasteiger partial charge in [0.05, 0.1) is 12.3 Å². The molecule has 2 aromatic rings. The van der Waals surface area contributed by atoms with Crippen LogP contribution in [0.3, 0.4) is 0 Å². The van der Waals surface area contributed by atoms with Gasteiger partial charge in [-0.2, -0.15) is 0 Å². The van der Waals surface area contributed by atoms with Crippen LogP contribution in [0.5, 0.6) is 0 Å². The van der Waals surface area contributed by atoms with Crippen molar-refractivity contribution < 1.29 is 9.21 Å². The SMILES string of the molecule is CC[C@@H]1c2ccsc2CCN1C(=O)[C@H]1C[C@H]1c1ccco1. The molecule has 0 N–H and O–H groups in total. The van der Waals surface area contributed by atoms with Crippen LogP contribution in [0, 0.1) is 5.92 Å². The summed E-state index contributed by atoms with van der Waals surface area (Å²) in [6, 6.07) is 6.36. The van der Waals surface area contributed by atoms with E-state index in [1.54, 1.807) is 6.26 Å². The summed E-state index contributed by atoms with van der Waals surface area (Å²) in [7, 11) is 0. The summed E-state index contributed by atoms with van der Waals surface area (Å²) in [5.41, 5.74) is 1.37. The van der Waals surface area contributed by atoms with Gasteiger partial charge in [-0.05, 0) is 48.4 Å². The van der Waals surface area contributed by atoms with Crippen molar-refractivity contribution in [2.75, 3.05) is 6.54 Å². The topological polar surface area (TPSA) is 33.5 Å². The summed E-state index contributed by atoms with van der Waals surface area (Å²) in [4.78, 5) is 16.4. The summed E-state index contributed by atoms with van der Waals surface area (Å²) in [6.45, 7) is 3.04. The molecule has 2 aliphatic rings. The van der Waals surface area contributed by atoms with E-state index in [1.807, 2.05) is 23.5 Å². The van der Waals surface area contributed by atoms with Gasteiger partial charge in [0.2, 0.25) is 5.91 Å². The standard InChI is InChI=1S/C17H19NO2S/c1-2-14-11-6-9-21-16(11)5-7-18(14)17(19)13-10-12(13)15-4-3-8-20-15/h3-4,6,8-9,12-14H,2,5,7,10H2,1H3/t12-,13+,14-/m1/s1. The molecule has 1 fully saturated rings. The second kappa shape index (κ2) is 5.02. The number of carbonyl (C=O) groups excluding carboxylic acids is 1. The predicted octanol–water partition coefficient (Wildman–Crippen LogP) is 3.98. The summed E-state index contributed by atoms with van der Waals surface area (Å²) >= 11 is 1.83. The molecule has 0 unspecified atom stereocenters. The molecule has 0 saturated heterocycles. The molecular formula is C17H19NO2S. The van der Waals surface area contributed by atoms with Crippen LogP contribution < -0.4 is 0 Å². The number of fused-ring (bicyclic) bond motifs is 1. The molecule has 4 heteroatoms. The highest BCUT2D eigenvalue weighted by Crippen LogP contribution is 2.50. The third-order valence-corrected chi connectivity index (χ3v) is 5.78. The van der Waals surface area contributed by atoms with Crippen molar-refractivity contribution in [3.63, 3.8) is 0 Å². The number of hydrogen-bond acceptors (Lipinski definition) is 3. The van der Waals surface area contributed by atoms with Crippen LogP contribution in [-0.2, 0) is 11.2 Å². The van der Waals surface area contributed by atoms with Gasteiger partial charge in [-0.1, -0.05) is 6.92 Å². The van der Waals surface area contributed by atoms with E-state index in [9.17, 15) is 4.79 Å². The quantitative estimate of drug-likeness (QED) is 0.859. The fourth-order valence-corrected chi connectivity index (χ4v) is 4.53. The Morgan fingerprint density at radius 1 is 1.48 bits per heavy atom. The number of thiophene rings is 1. The van der Waals surface area contributed by atoms with Crippen LogP contribution in [0.2, 0.25) is 0 Å². The summed E-state index contributed by atoms with van der Waals surface area (Å²) in [5.74, 6) is 1.72. The van der Waals surface area contributed by atoms with Gasteiger partial charge in [0.25, 0.3) is 0 Å². The highest BCUT2D eigenvalue weighted by Gasteiger charge is 2.49. The molecule has 110 valence electrons. The van der Waals surface area contributed by atoms with E-state index in [1.165, 1.54) is 10.4 Å². The Labute approximate surface area is 128 Å². The molecule has 0 aromatic carbocycles. The lowest BCUT2D eigenvalue weighted by molar-refractivity contribution is -0.135. The summed E-state index contributed by atoms with van der Waals surface area (Å²) in [6.07, 6.45) is 4.64. The smallest absolute Gasteiger partial charge is 0.226 e. The van der Waals surface area contributed by atoms with Crippen LogP contribution in [0.1, 0.15) is 47.9 Å². The first-order chi connectivity index (χ1) is 10.3. The highest BCUT2D eigenvalue weighted by atomic mass is 32.1. The molecule has 21 heavy (non-hydrogen) atoms. The highest BCUT2D eigenvalue weighted by molar-refractivity contribution is 7.10. The van der Waals surface area contributed by atoms with Crippen molar-refractivity contribution in [1.29, 1.82) is 0 Å². The molecule has 1 aliphatic carbocycles. The fourth-order valence-electron chi connectivity index (χ4n) is 3.60. The van der Waals surface area contributed by atoms with Gasteiger partial charge in [0.1, 0.15) is 5.76 Å². The third kappa shape index (κ3) is 2.13. The Morgan fingerprint density at radius 3 is 3.14 bits per heavy atom. The monoisotopic (exact) mass is 301 g/mol. The normalized spacial score (nSPS) is 27.5. The number of amides is 1.